The van der Waals surface area contributed by atoms with E-state index in [0.717, 1.165) is 17.3 Å². The standard InChI is InChI=1S/C23H19ClFN5O3S/c1-13-8-18(19(33-2)10-17(13)24)27-21(31)12-34-23-29-28-20-7-6-14(11-30(20)23)22(32)26-16-5-3-4-15(25)9-16/h3-11H,12H2,1-2H3,(H,26,32)(H,27,31). The Morgan fingerprint density at radius 3 is 2.74 bits per heavy atom. The van der Waals surface area contributed by atoms with Crippen LogP contribution in [-0.2, 0) is 4.79 Å². The SMILES string of the molecule is COc1cc(Cl)c(C)cc1NC(=O)CSc1nnc2ccc(C(=O)Nc3cccc(F)c3)cn12. The van der Waals surface area contributed by atoms with Crippen molar-refractivity contribution < 1.29 is 18.7 Å². The van der Waals surface area contributed by atoms with Crippen molar-refractivity contribution in [3.63, 3.8) is 0 Å². The monoisotopic (exact) mass is 499 g/mol. The molecular weight excluding hydrogens is 481 g/mol. The van der Waals surface area contributed by atoms with Gasteiger partial charge in [0.05, 0.1) is 24.1 Å². The van der Waals surface area contributed by atoms with Crippen molar-refractivity contribution in [2.24, 2.45) is 0 Å². The fraction of sp³-hybridized carbons (Fsp3) is 0.130. The zero-order chi connectivity index (χ0) is 24.2. The summed E-state index contributed by atoms with van der Waals surface area (Å²) >= 11 is 7.27. The number of halogens is 2. The Kier molecular flexibility index (Phi) is 6.99. The summed E-state index contributed by atoms with van der Waals surface area (Å²) in [5, 5.41) is 14.6. The number of aryl methyl sites for hydroxylation is 1. The first kappa shape index (κ1) is 23.5. The molecule has 0 bridgehead atoms. The van der Waals surface area contributed by atoms with Crippen molar-refractivity contribution in [1.82, 2.24) is 14.6 Å². The lowest BCUT2D eigenvalue weighted by Gasteiger charge is -2.12. The second-order valence-corrected chi connectivity index (χ2v) is 8.58. The molecule has 11 heteroatoms. The molecule has 0 fully saturated rings. The summed E-state index contributed by atoms with van der Waals surface area (Å²) in [5.74, 6) is -0.640. The van der Waals surface area contributed by atoms with E-state index in [1.54, 1.807) is 40.9 Å². The molecule has 0 aliphatic heterocycles. The van der Waals surface area contributed by atoms with Gasteiger partial charge in [-0.3, -0.25) is 14.0 Å². The van der Waals surface area contributed by atoms with E-state index < -0.39 is 11.7 Å². The van der Waals surface area contributed by atoms with Crippen molar-refractivity contribution in [1.29, 1.82) is 0 Å². The Morgan fingerprint density at radius 1 is 1.15 bits per heavy atom. The first-order valence-corrected chi connectivity index (χ1v) is 11.4. The molecule has 0 saturated carbocycles. The molecule has 0 unspecified atom stereocenters. The lowest BCUT2D eigenvalue weighted by atomic mass is 10.2. The van der Waals surface area contributed by atoms with Gasteiger partial charge in [0.15, 0.2) is 10.8 Å². The Bertz CT molecular complexity index is 1390. The minimum absolute atomic E-state index is 0.0470. The number of nitrogens with one attached hydrogen (secondary N) is 2. The minimum Gasteiger partial charge on any atom is -0.495 e. The highest BCUT2D eigenvalue weighted by Gasteiger charge is 2.15. The van der Waals surface area contributed by atoms with Crippen LogP contribution in [0.15, 0.2) is 59.9 Å². The molecule has 2 heterocycles. The number of aromatic nitrogens is 3. The molecule has 2 N–H and O–H groups in total. The summed E-state index contributed by atoms with van der Waals surface area (Å²) in [6.07, 6.45) is 1.57. The van der Waals surface area contributed by atoms with E-state index in [2.05, 4.69) is 20.8 Å². The molecule has 0 saturated heterocycles. The molecule has 2 aromatic heterocycles. The molecule has 0 spiro atoms. The van der Waals surface area contributed by atoms with Gasteiger partial charge >= 0.3 is 0 Å². The summed E-state index contributed by atoms with van der Waals surface area (Å²) in [7, 11) is 1.50. The number of hydrogen-bond donors (Lipinski definition) is 2. The highest BCUT2D eigenvalue weighted by molar-refractivity contribution is 7.99. The van der Waals surface area contributed by atoms with Gasteiger partial charge in [0, 0.05) is 23.0 Å². The molecule has 2 amide bonds. The van der Waals surface area contributed by atoms with Crippen LogP contribution in [0.1, 0.15) is 15.9 Å². The van der Waals surface area contributed by atoms with E-state index in [0.29, 0.717) is 38.5 Å². The highest BCUT2D eigenvalue weighted by Crippen LogP contribution is 2.31. The van der Waals surface area contributed by atoms with Crippen LogP contribution in [0.5, 0.6) is 5.75 Å². The summed E-state index contributed by atoms with van der Waals surface area (Å²) in [4.78, 5) is 25.1. The summed E-state index contributed by atoms with van der Waals surface area (Å²) in [6.45, 7) is 1.83. The van der Waals surface area contributed by atoms with E-state index in [1.807, 2.05) is 6.92 Å². The summed E-state index contributed by atoms with van der Waals surface area (Å²) < 4.78 is 20.3. The molecule has 174 valence electrons. The molecule has 0 aliphatic carbocycles. The van der Waals surface area contributed by atoms with E-state index in [-0.39, 0.29) is 11.7 Å². The van der Waals surface area contributed by atoms with Crippen LogP contribution in [0, 0.1) is 12.7 Å². The van der Waals surface area contributed by atoms with Gasteiger partial charge in [-0.15, -0.1) is 10.2 Å². The van der Waals surface area contributed by atoms with Gasteiger partial charge in [-0.05, 0) is 48.9 Å². The quantitative estimate of drug-likeness (QED) is 0.354. The van der Waals surface area contributed by atoms with Crippen molar-refractivity contribution >= 4 is 52.2 Å². The maximum absolute atomic E-state index is 13.4. The average molecular weight is 500 g/mol. The van der Waals surface area contributed by atoms with Crippen LogP contribution < -0.4 is 15.4 Å². The Morgan fingerprint density at radius 2 is 1.97 bits per heavy atom. The molecule has 8 nitrogen and oxygen atoms in total. The molecule has 4 aromatic rings. The Labute approximate surface area is 203 Å². The maximum Gasteiger partial charge on any atom is 0.257 e. The van der Waals surface area contributed by atoms with Gasteiger partial charge in [-0.25, -0.2) is 4.39 Å². The predicted molar refractivity (Wildman–Crippen MR) is 129 cm³/mol. The van der Waals surface area contributed by atoms with Gasteiger partial charge < -0.3 is 15.4 Å². The van der Waals surface area contributed by atoms with E-state index >= 15 is 0 Å². The number of carbonyl (C=O) groups is 2. The largest absolute Gasteiger partial charge is 0.495 e. The van der Waals surface area contributed by atoms with Crippen LogP contribution in [0.25, 0.3) is 5.65 Å². The van der Waals surface area contributed by atoms with Crippen molar-refractivity contribution in [3.8, 4) is 5.75 Å². The fourth-order valence-corrected chi connectivity index (χ4v) is 3.99. The Hall–Kier alpha value is -3.63. The number of hydrogen-bond acceptors (Lipinski definition) is 6. The lowest BCUT2D eigenvalue weighted by molar-refractivity contribution is -0.113. The number of carbonyl (C=O) groups excluding carboxylic acids is 2. The van der Waals surface area contributed by atoms with Gasteiger partial charge in [0.1, 0.15) is 11.6 Å². The van der Waals surface area contributed by atoms with Gasteiger partial charge in [-0.2, -0.15) is 0 Å². The van der Waals surface area contributed by atoms with Crippen molar-refractivity contribution in [2.75, 3.05) is 23.5 Å². The fourth-order valence-electron chi connectivity index (χ4n) is 3.12. The third-order valence-electron chi connectivity index (χ3n) is 4.80. The number of pyridine rings is 1. The summed E-state index contributed by atoms with van der Waals surface area (Å²) in [5.41, 5.74) is 2.49. The van der Waals surface area contributed by atoms with E-state index in [1.165, 1.54) is 25.3 Å². The third-order valence-corrected chi connectivity index (χ3v) is 6.15. The Balaban J connectivity index is 1.46. The molecule has 0 radical (unpaired) electrons. The molecule has 0 atom stereocenters. The van der Waals surface area contributed by atoms with Crippen LogP contribution in [0.3, 0.4) is 0 Å². The molecule has 34 heavy (non-hydrogen) atoms. The number of thioether (sulfide) groups is 1. The highest BCUT2D eigenvalue weighted by atomic mass is 35.5. The van der Waals surface area contributed by atoms with Gasteiger partial charge in [0.2, 0.25) is 5.91 Å². The van der Waals surface area contributed by atoms with Gasteiger partial charge in [-0.1, -0.05) is 29.4 Å². The number of nitrogens with zero attached hydrogens (tertiary/aromatic N) is 3. The number of fused-ring (bicyclic) bond motifs is 1. The topological polar surface area (TPSA) is 97.6 Å². The number of rotatable bonds is 7. The van der Waals surface area contributed by atoms with Crippen LogP contribution in [0.4, 0.5) is 15.8 Å². The van der Waals surface area contributed by atoms with Crippen molar-refractivity contribution in [2.45, 2.75) is 12.1 Å². The second-order valence-electron chi connectivity index (χ2n) is 7.23. The number of anilines is 2. The molecule has 2 aromatic carbocycles. The van der Waals surface area contributed by atoms with E-state index in [4.69, 9.17) is 16.3 Å². The zero-order valence-electron chi connectivity index (χ0n) is 18.1. The third kappa shape index (κ3) is 5.29. The van der Waals surface area contributed by atoms with E-state index in [9.17, 15) is 14.0 Å². The lowest BCUT2D eigenvalue weighted by Crippen LogP contribution is -2.15. The molecule has 0 aliphatic rings. The summed E-state index contributed by atoms with van der Waals surface area (Å²) in [6, 6.07) is 12.2. The van der Waals surface area contributed by atoms with Crippen LogP contribution in [-0.4, -0.2) is 39.3 Å². The van der Waals surface area contributed by atoms with Crippen LogP contribution in [0.2, 0.25) is 5.02 Å². The smallest absolute Gasteiger partial charge is 0.257 e. The van der Waals surface area contributed by atoms with Crippen LogP contribution >= 0.6 is 23.4 Å². The first-order chi connectivity index (χ1) is 16.3. The molecular formula is C23H19ClFN5O3S. The minimum atomic E-state index is -0.449. The first-order valence-electron chi connectivity index (χ1n) is 10.0. The number of benzene rings is 2. The second kappa shape index (κ2) is 10.1. The zero-order valence-corrected chi connectivity index (χ0v) is 19.7. The average Bonchev–Trinajstić information content (AvgIpc) is 3.22. The maximum atomic E-state index is 13.4. The number of methoxy groups -OCH3 is 1. The molecule has 4 rings (SSSR count). The normalized spacial score (nSPS) is 10.8. The van der Waals surface area contributed by atoms with Gasteiger partial charge in [0.25, 0.3) is 5.91 Å². The number of amides is 2. The van der Waals surface area contributed by atoms with Crippen molar-refractivity contribution in [3.05, 3.63) is 76.7 Å². The predicted octanol–water partition coefficient (Wildman–Crippen LogP) is 4.82. The number of ether oxygens (including phenoxy) is 1.